The minimum Gasteiger partial charge on any atom is -0.468 e. The number of ether oxygens (including phenoxy) is 2. The highest BCUT2D eigenvalue weighted by Crippen LogP contribution is 2.02. The van der Waals surface area contributed by atoms with Gasteiger partial charge >= 0.3 is 5.97 Å². The van der Waals surface area contributed by atoms with E-state index in [1.54, 1.807) is 0 Å². The Kier molecular flexibility index (Phi) is 8.24. The molecule has 0 aliphatic rings. The summed E-state index contributed by atoms with van der Waals surface area (Å²) in [5, 5.41) is 0. The summed E-state index contributed by atoms with van der Waals surface area (Å²) in [4.78, 5) is 11.0. The van der Waals surface area contributed by atoms with Crippen LogP contribution in [0.5, 0.6) is 0 Å². The number of esters is 1. The normalized spacial score (nSPS) is 13.4. The predicted molar refractivity (Wildman–Crippen MR) is 68.1 cm³/mol. The molecule has 16 heavy (non-hydrogen) atoms. The first-order chi connectivity index (χ1) is 7.43. The highest BCUT2D eigenvalue weighted by atomic mass is 127. The number of rotatable bonds is 8. The minimum atomic E-state index is -3.33. The van der Waals surface area contributed by atoms with Gasteiger partial charge in [-0.2, -0.15) is 0 Å². The van der Waals surface area contributed by atoms with Gasteiger partial charge in [0.05, 0.1) is 12.9 Å². The maximum atomic E-state index is 11.4. The second kappa shape index (κ2) is 8.20. The molecule has 0 saturated carbocycles. The Morgan fingerprint density at radius 3 is 2.56 bits per heavy atom. The van der Waals surface area contributed by atoms with Crippen LogP contribution in [-0.2, 0) is 24.3 Å². The number of carbonyl (C=O) groups excluding carboxylic acids is 1. The van der Waals surface area contributed by atoms with Gasteiger partial charge in [-0.05, 0) is 6.42 Å². The molecule has 96 valence electrons. The molecule has 0 heterocycles. The van der Waals surface area contributed by atoms with E-state index in [9.17, 15) is 13.2 Å². The van der Waals surface area contributed by atoms with Gasteiger partial charge in [-0.25, -0.2) is 13.1 Å². The molecule has 0 rings (SSSR count). The van der Waals surface area contributed by atoms with Gasteiger partial charge in [-0.15, -0.1) is 0 Å². The molecule has 1 atom stereocenters. The van der Waals surface area contributed by atoms with Crippen LogP contribution in [-0.4, -0.2) is 51.4 Å². The second-order valence-corrected chi connectivity index (χ2v) is 6.43. The fourth-order valence-electron chi connectivity index (χ4n) is 0.877. The largest absolute Gasteiger partial charge is 0.468 e. The molecule has 0 bridgehead atoms. The van der Waals surface area contributed by atoms with Crippen LogP contribution in [0.25, 0.3) is 0 Å². The quantitative estimate of drug-likeness (QED) is 0.282. The maximum Gasteiger partial charge on any atom is 0.319 e. The van der Waals surface area contributed by atoms with Crippen molar-refractivity contribution in [3.63, 3.8) is 0 Å². The van der Waals surface area contributed by atoms with Gasteiger partial charge in [0.25, 0.3) is 0 Å². The number of hydrogen-bond donors (Lipinski definition) is 1. The second-order valence-electron chi connectivity index (χ2n) is 3.00. The predicted octanol–water partition coefficient (Wildman–Crippen LogP) is -0.0811. The molecule has 0 aromatic heterocycles. The molecule has 0 aromatic rings. The lowest BCUT2D eigenvalue weighted by Crippen LogP contribution is -2.35. The van der Waals surface area contributed by atoms with Gasteiger partial charge in [-0.3, -0.25) is 4.79 Å². The van der Waals surface area contributed by atoms with E-state index in [4.69, 9.17) is 4.74 Å². The smallest absolute Gasteiger partial charge is 0.319 e. The van der Waals surface area contributed by atoms with E-state index in [1.165, 1.54) is 14.2 Å². The summed E-state index contributed by atoms with van der Waals surface area (Å²) in [6.07, 6.45) is 0.427. The van der Waals surface area contributed by atoms with E-state index >= 15 is 0 Å². The zero-order chi connectivity index (χ0) is 12.6. The van der Waals surface area contributed by atoms with E-state index in [1.807, 2.05) is 22.6 Å². The average molecular weight is 365 g/mol. The number of alkyl halides is 1. The van der Waals surface area contributed by atoms with Crippen molar-refractivity contribution in [1.29, 1.82) is 0 Å². The van der Waals surface area contributed by atoms with Crippen molar-refractivity contribution >= 4 is 38.6 Å². The SMILES string of the molecule is COCCCS(=O)(=O)NCC(I)C(=O)OC. The first-order valence-electron chi connectivity index (χ1n) is 4.61. The zero-order valence-corrected chi connectivity index (χ0v) is 12.2. The number of hydrogen-bond acceptors (Lipinski definition) is 5. The number of methoxy groups -OCH3 is 2. The molecule has 8 heteroatoms. The van der Waals surface area contributed by atoms with Gasteiger partial charge in [-0.1, -0.05) is 22.6 Å². The van der Waals surface area contributed by atoms with Crippen molar-refractivity contribution in [2.24, 2.45) is 0 Å². The van der Waals surface area contributed by atoms with E-state index in [0.717, 1.165) is 0 Å². The van der Waals surface area contributed by atoms with E-state index in [-0.39, 0.29) is 12.3 Å². The summed E-state index contributed by atoms with van der Waals surface area (Å²) in [6.45, 7) is 0.439. The average Bonchev–Trinajstić information content (AvgIpc) is 2.25. The van der Waals surface area contributed by atoms with E-state index < -0.39 is 19.9 Å². The molecule has 0 aliphatic carbocycles. The Balaban J connectivity index is 3.94. The van der Waals surface area contributed by atoms with Crippen molar-refractivity contribution in [3.8, 4) is 0 Å². The highest BCUT2D eigenvalue weighted by Gasteiger charge is 2.18. The molecule has 0 aromatic carbocycles. The van der Waals surface area contributed by atoms with Gasteiger partial charge in [0, 0.05) is 20.3 Å². The summed E-state index contributed by atoms with van der Waals surface area (Å²) in [5.41, 5.74) is 0. The topological polar surface area (TPSA) is 81.7 Å². The lowest BCUT2D eigenvalue weighted by molar-refractivity contribution is -0.139. The number of carbonyl (C=O) groups is 1. The van der Waals surface area contributed by atoms with Crippen LogP contribution in [0, 0.1) is 0 Å². The van der Waals surface area contributed by atoms with Crippen LogP contribution in [0.4, 0.5) is 0 Å². The van der Waals surface area contributed by atoms with Crippen molar-refractivity contribution in [3.05, 3.63) is 0 Å². The first-order valence-corrected chi connectivity index (χ1v) is 7.51. The molecular weight excluding hydrogens is 349 g/mol. The number of halogens is 1. The minimum absolute atomic E-state index is 0.00856. The van der Waals surface area contributed by atoms with Gasteiger partial charge in [0.15, 0.2) is 0 Å². The Morgan fingerprint density at radius 2 is 2.06 bits per heavy atom. The van der Waals surface area contributed by atoms with Crippen molar-refractivity contribution in [1.82, 2.24) is 4.72 Å². The summed E-state index contributed by atoms with van der Waals surface area (Å²) in [7, 11) is -0.556. The fraction of sp³-hybridized carbons (Fsp3) is 0.875. The van der Waals surface area contributed by atoms with Crippen LogP contribution in [0.3, 0.4) is 0 Å². The molecule has 0 amide bonds. The van der Waals surface area contributed by atoms with E-state index in [0.29, 0.717) is 13.0 Å². The van der Waals surface area contributed by atoms with Gasteiger partial charge < -0.3 is 9.47 Å². The number of nitrogens with one attached hydrogen (secondary N) is 1. The third-order valence-electron chi connectivity index (χ3n) is 1.70. The Bertz CT molecular complexity index is 306. The Labute approximate surface area is 109 Å². The summed E-state index contributed by atoms with van der Waals surface area (Å²) >= 11 is 1.83. The zero-order valence-electron chi connectivity index (χ0n) is 9.23. The van der Waals surface area contributed by atoms with Crippen LogP contribution >= 0.6 is 22.6 Å². The molecule has 0 aliphatic heterocycles. The monoisotopic (exact) mass is 365 g/mol. The van der Waals surface area contributed by atoms with Crippen LogP contribution in [0.2, 0.25) is 0 Å². The lowest BCUT2D eigenvalue weighted by Gasteiger charge is -2.09. The summed E-state index contributed by atoms with van der Waals surface area (Å²) in [6, 6.07) is 0. The number of sulfonamides is 1. The van der Waals surface area contributed by atoms with E-state index in [2.05, 4.69) is 9.46 Å². The standard InChI is InChI=1S/C8H16INO5S/c1-14-4-3-5-16(12,13)10-6-7(9)8(11)15-2/h7,10H,3-6H2,1-2H3. The highest BCUT2D eigenvalue weighted by molar-refractivity contribution is 14.1. The van der Waals surface area contributed by atoms with Gasteiger partial charge in [0.2, 0.25) is 10.0 Å². The molecule has 0 fully saturated rings. The van der Waals surface area contributed by atoms with Crippen LogP contribution in [0.15, 0.2) is 0 Å². The molecular formula is C8H16INO5S. The molecule has 0 spiro atoms. The molecule has 1 N–H and O–H groups in total. The fourth-order valence-corrected chi connectivity index (χ4v) is 2.71. The molecule has 1 unspecified atom stereocenters. The third-order valence-corrected chi connectivity index (χ3v) is 4.08. The maximum absolute atomic E-state index is 11.4. The van der Waals surface area contributed by atoms with Crippen molar-refractivity contribution in [2.45, 2.75) is 10.3 Å². The molecule has 6 nitrogen and oxygen atoms in total. The third kappa shape index (κ3) is 7.36. The first kappa shape index (κ1) is 16.1. The van der Waals surface area contributed by atoms with Crippen molar-refractivity contribution in [2.75, 3.05) is 33.1 Å². The Morgan fingerprint density at radius 1 is 1.44 bits per heavy atom. The van der Waals surface area contributed by atoms with Gasteiger partial charge in [0.1, 0.15) is 3.92 Å². The van der Waals surface area contributed by atoms with Crippen LogP contribution in [0.1, 0.15) is 6.42 Å². The summed E-state index contributed by atoms with van der Waals surface area (Å²) < 4.78 is 33.8. The lowest BCUT2D eigenvalue weighted by atomic mass is 10.4. The summed E-state index contributed by atoms with van der Waals surface area (Å²) in [5.74, 6) is -0.453. The molecule has 0 saturated heterocycles. The van der Waals surface area contributed by atoms with Crippen molar-refractivity contribution < 1.29 is 22.7 Å². The molecule has 0 radical (unpaired) electrons. The van der Waals surface area contributed by atoms with Crippen LogP contribution < -0.4 is 4.72 Å². The Hall–Kier alpha value is 0.0700.